The highest BCUT2D eigenvalue weighted by Crippen LogP contribution is 2.26. The maximum absolute atomic E-state index is 4.79. The Morgan fingerprint density at radius 2 is 1.21 bits per heavy atom. The first-order valence-electron chi connectivity index (χ1n) is 9.15. The summed E-state index contributed by atoms with van der Waals surface area (Å²) >= 11 is 0. The highest BCUT2D eigenvalue weighted by Gasteiger charge is 2.09. The van der Waals surface area contributed by atoms with E-state index < -0.39 is 0 Å². The standard InChI is InChI=1S/C23H15N5/c1-2-6-18-17(5-1)25-22(26-18)15-10-11-16-14(13-15)9-12-21(24-16)23-27-19-7-3-4-8-20(19)28-23/h1-13H,(H,25,26)(H,27,28). The van der Waals surface area contributed by atoms with Crippen LogP contribution < -0.4 is 0 Å². The average Bonchev–Trinajstić information content (AvgIpc) is 3.37. The minimum absolute atomic E-state index is 0.782. The van der Waals surface area contributed by atoms with Crippen LogP contribution in [0.5, 0.6) is 0 Å². The Hall–Kier alpha value is -3.99. The first kappa shape index (κ1) is 15.1. The molecule has 0 aliphatic carbocycles. The summed E-state index contributed by atoms with van der Waals surface area (Å²) in [5.41, 5.74) is 6.77. The molecule has 0 bridgehead atoms. The molecule has 0 fully saturated rings. The van der Waals surface area contributed by atoms with Crippen molar-refractivity contribution in [2.24, 2.45) is 0 Å². The third-order valence-electron chi connectivity index (χ3n) is 4.98. The van der Waals surface area contributed by atoms with E-state index in [1.54, 1.807) is 0 Å². The van der Waals surface area contributed by atoms with Crippen molar-refractivity contribution in [3.8, 4) is 22.9 Å². The van der Waals surface area contributed by atoms with Crippen molar-refractivity contribution in [1.82, 2.24) is 24.9 Å². The average molecular weight is 361 g/mol. The van der Waals surface area contributed by atoms with E-state index in [-0.39, 0.29) is 0 Å². The van der Waals surface area contributed by atoms with E-state index >= 15 is 0 Å². The number of nitrogens with one attached hydrogen (secondary N) is 2. The van der Waals surface area contributed by atoms with Crippen LogP contribution in [0.1, 0.15) is 0 Å². The Morgan fingerprint density at radius 1 is 0.536 bits per heavy atom. The van der Waals surface area contributed by atoms with E-state index in [4.69, 9.17) is 4.98 Å². The van der Waals surface area contributed by atoms with Crippen LogP contribution in [0.15, 0.2) is 78.9 Å². The van der Waals surface area contributed by atoms with Crippen LogP contribution in [0.3, 0.4) is 0 Å². The predicted octanol–water partition coefficient (Wildman–Crippen LogP) is 5.32. The lowest BCUT2D eigenvalue weighted by molar-refractivity contribution is 1.27. The molecule has 3 aromatic heterocycles. The molecule has 3 heterocycles. The molecule has 0 atom stereocenters. The summed E-state index contributed by atoms with van der Waals surface area (Å²) < 4.78 is 0. The lowest BCUT2D eigenvalue weighted by Crippen LogP contribution is -1.88. The quantitative estimate of drug-likeness (QED) is 0.438. The number of pyridine rings is 1. The van der Waals surface area contributed by atoms with E-state index in [1.807, 2.05) is 60.7 Å². The topological polar surface area (TPSA) is 70.2 Å². The van der Waals surface area contributed by atoms with Gasteiger partial charge < -0.3 is 9.97 Å². The molecular weight excluding hydrogens is 346 g/mol. The fraction of sp³-hybridized carbons (Fsp3) is 0. The Labute approximate surface area is 160 Å². The number of para-hydroxylation sites is 4. The van der Waals surface area contributed by atoms with Gasteiger partial charge in [0.05, 0.1) is 27.6 Å². The van der Waals surface area contributed by atoms with Gasteiger partial charge in [0.1, 0.15) is 11.5 Å². The number of rotatable bonds is 2. The van der Waals surface area contributed by atoms with Crippen LogP contribution in [0, 0.1) is 0 Å². The van der Waals surface area contributed by atoms with Crippen LogP contribution in [0.2, 0.25) is 0 Å². The van der Waals surface area contributed by atoms with Crippen molar-refractivity contribution in [3.05, 3.63) is 78.9 Å². The fourth-order valence-corrected chi connectivity index (χ4v) is 3.57. The Bertz CT molecular complexity index is 1300. The number of aromatic nitrogens is 5. The Balaban J connectivity index is 1.43. The van der Waals surface area contributed by atoms with Gasteiger partial charge in [0.25, 0.3) is 0 Å². The lowest BCUT2D eigenvalue weighted by Gasteiger charge is -2.03. The number of fused-ring (bicyclic) bond motifs is 3. The summed E-state index contributed by atoms with van der Waals surface area (Å²) in [6, 6.07) is 26.3. The Morgan fingerprint density at radius 3 is 1.96 bits per heavy atom. The molecule has 0 unspecified atom stereocenters. The second-order valence-corrected chi connectivity index (χ2v) is 6.81. The minimum atomic E-state index is 0.782. The maximum Gasteiger partial charge on any atom is 0.157 e. The van der Waals surface area contributed by atoms with Crippen LogP contribution in [0.4, 0.5) is 0 Å². The van der Waals surface area contributed by atoms with Crippen molar-refractivity contribution in [3.63, 3.8) is 0 Å². The van der Waals surface area contributed by atoms with E-state index in [0.717, 1.165) is 55.9 Å². The summed E-state index contributed by atoms with van der Waals surface area (Å²) in [5, 5.41) is 1.07. The molecule has 0 radical (unpaired) electrons. The smallest absolute Gasteiger partial charge is 0.157 e. The third-order valence-corrected chi connectivity index (χ3v) is 4.98. The van der Waals surface area contributed by atoms with Crippen LogP contribution in [-0.2, 0) is 0 Å². The van der Waals surface area contributed by atoms with Crippen LogP contribution in [-0.4, -0.2) is 24.9 Å². The normalized spacial score (nSPS) is 11.6. The zero-order chi connectivity index (χ0) is 18.5. The molecule has 132 valence electrons. The van der Waals surface area contributed by atoms with Gasteiger partial charge in [-0.1, -0.05) is 30.3 Å². The molecule has 2 N–H and O–H groups in total. The zero-order valence-corrected chi connectivity index (χ0v) is 14.8. The number of imidazole rings is 2. The van der Waals surface area contributed by atoms with Crippen LogP contribution >= 0.6 is 0 Å². The van der Waals surface area contributed by atoms with Gasteiger partial charge in [0.15, 0.2) is 5.82 Å². The predicted molar refractivity (Wildman–Crippen MR) is 112 cm³/mol. The van der Waals surface area contributed by atoms with Gasteiger partial charge in [-0.25, -0.2) is 15.0 Å². The first-order chi connectivity index (χ1) is 13.8. The molecule has 0 saturated heterocycles. The van der Waals surface area contributed by atoms with Crippen molar-refractivity contribution in [2.45, 2.75) is 0 Å². The van der Waals surface area contributed by atoms with Gasteiger partial charge in [-0.05, 0) is 48.5 Å². The van der Waals surface area contributed by atoms with Crippen molar-refractivity contribution < 1.29 is 0 Å². The van der Waals surface area contributed by atoms with Crippen molar-refractivity contribution in [2.75, 3.05) is 0 Å². The number of hydrogen-bond acceptors (Lipinski definition) is 3. The van der Waals surface area contributed by atoms with Gasteiger partial charge >= 0.3 is 0 Å². The Kier molecular flexibility index (Phi) is 3.10. The zero-order valence-electron chi connectivity index (χ0n) is 14.8. The summed E-state index contributed by atoms with van der Waals surface area (Å²) in [4.78, 5) is 20.9. The van der Waals surface area contributed by atoms with E-state index in [1.165, 1.54) is 0 Å². The second-order valence-electron chi connectivity index (χ2n) is 6.81. The monoisotopic (exact) mass is 361 g/mol. The van der Waals surface area contributed by atoms with Gasteiger partial charge in [-0.3, -0.25) is 0 Å². The SMILES string of the molecule is c1ccc2[nH]c(-c3ccc4nc(-c5nc6ccccc6[nH]5)ccc4c3)nc2c1. The van der Waals surface area contributed by atoms with Gasteiger partial charge in [-0.15, -0.1) is 0 Å². The van der Waals surface area contributed by atoms with Crippen molar-refractivity contribution >= 4 is 33.0 Å². The van der Waals surface area contributed by atoms with Gasteiger partial charge in [0.2, 0.25) is 0 Å². The molecule has 0 aliphatic heterocycles. The summed E-state index contributed by atoms with van der Waals surface area (Å²) in [6.07, 6.45) is 0. The minimum Gasteiger partial charge on any atom is -0.338 e. The summed E-state index contributed by atoms with van der Waals surface area (Å²) in [6.45, 7) is 0. The third kappa shape index (κ3) is 2.37. The second kappa shape index (κ2) is 5.76. The lowest BCUT2D eigenvalue weighted by atomic mass is 10.1. The number of nitrogens with zero attached hydrogens (tertiary/aromatic N) is 3. The number of aromatic amines is 2. The van der Waals surface area contributed by atoms with Gasteiger partial charge in [-0.2, -0.15) is 0 Å². The number of hydrogen-bond donors (Lipinski definition) is 2. The molecule has 6 aromatic rings. The molecule has 5 nitrogen and oxygen atoms in total. The number of benzene rings is 3. The molecule has 3 aromatic carbocycles. The molecule has 0 aliphatic rings. The maximum atomic E-state index is 4.79. The number of H-pyrrole nitrogens is 2. The van der Waals surface area contributed by atoms with Crippen molar-refractivity contribution in [1.29, 1.82) is 0 Å². The molecule has 0 amide bonds. The van der Waals surface area contributed by atoms with E-state index in [0.29, 0.717) is 0 Å². The summed E-state index contributed by atoms with van der Waals surface area (Å²) in [5.74, 6) is 1.65. The highest BCUT2D eigenvalue weighted by molar-refractivity contribution is 5.87. The largest absolute Gasteiger partial charge is 0.338 e. The molecule has 0 spiro atoms. The molecule has 0 saturated carbocycles. The highest BCUT2D eigenvalue weighted by atomic mass is 14.9. The molecule has 6 rings (SSSR count). The first-order valence-corrected chi connectivity index (χ1v) is 9.15. The molecule has 5 heteroatoms. The van der Waals surface area contributed by atoms with Gasteiger partial charge in [0, 0.05) is 10.9 Å². The fourth-order valence-electron chi connectivity index (χ4n) is 3.57. The molecule has 28 heavy (non-hydrogen) atoms. The van der Waals surface area contributed by atoms with E-state index in [9.17, 15) is 0 Å². The summed E-state index contributed by atoms with van der Waals surface area (Å²) in [7, 11) is 0. The molecular formula is C23H15N5. The van der Waals surface area contributed by atoms with E-state index in [2.05, 4.69) is 38.1 Å². The van der Waals surface area contributed by atoms with Crippen LogP contribution in [0.25, 0.3) is 55.9 Å².